The summed E-state index contributed by atoms with van der Waals surface area (Å²) in [6.45, 7) is 5.34. The number of rotatable bonds is 3. The van der Waals surface area contributed by atoms with E-state index >= 15 is 0 Å². The van der Waals surface area contributed by atoms with E-state index in [9.17, 15) is 4.79 Å². The maximum atomic E-state index is 10.7. The number of carboxylic acids is 1. The highest BCUT2D eigenvalue weighted by atomic mass is 16.4. The number of carboxylic acid groups (broad SMARTS) is 1. The first-order chi connectivity index (χ1) is 6.56. The zero-order valence-electron chi connectivity index (χ0n) is 8.03. The second-order valence-corrected chi connectivity index (χ2v) is 3.14. The van der Waals surface area contributed by atoms with Gasteiger partial charge in [-0.05, 0) is 24.1 Å². The molecule has 0 heterocycles. The SMILES string of the molecule is C=C[C@@H](N)c1ccc(C(=O)O)c(C)c1. The molecule has 0 spiro atoms. The van der Waals surface area contributed by atoms with Crippen LogP contribution in [0.15, 0.2) is 30.9 Å². The molecule has 0 unspecified atom stereocenters. The minimum atomic E-state index is -0.916. The van der Waals surface area contributed by atoms with Crippen LogP contribution < -0.4 is 5.73 Å². The Morgan fingerprint density at radius 3 is 2.71 bits per heavy atom. The van der Waals surface area contributed by atoms with E-state index in [2.05, 4.69) is 6.58 Å². The first-order valence-corrected chi connectivity index (χ1v) is 4.28. The summed E-state index contributed by atoms with van der Waals surface area (Å²) in [7, 11) is 0. The number of hydrogen-bond donors (Lipinski definition) is 2. The Kier molecular flexibility index (Phi) is 3.04. The van der Waals surface area contributed by atoms with Gasteiger partial charge in [0.1, 0.15) is 0 Å². The summed E-state index contributed by atoms with van der Waals surface area (Å²) in [5.41, 5.74) is 7.63. The summed E-state index contributed by atoms with van der Waals surface area (Å²) < 4.78 is 0. The van der Waals surface area contributed by atoms with Crippen LogP contribution in [-0.4, -0.2) is 11.1 Å². The Hall–Kier alpha value is -1.61. The van der Waals surface area contributed by atoms with Crippen molar-refractivity contribution in [2.45, 2.75) is 13.0 Å². The molecule has 14 heavy (non-hydrogen) atoms. The first-order valence-electron chi connectivity index (χ1n) is 4.28. The van der Waals surface area contributed by atoms with Gasteiger partial charge in [0.2, 0.25) is 0 Å². The molecule has 0 saturated heterocycles. The van der Waals surface area contributed by atoms with Crippen molar-refractivity contribution in [2.75, 3.05) is 0 Å². The van der Waals surface area contributed by atoms with E-state index < -0.39 is 5.97 Å². The van der Waals surface area contributed by atoms with Gasteiger partial charge < -0.3 is 10.8 Å². The lowest BCUT2D eigenvalue weighted by molar-refractivity contribution is 0.0696. The van der Waals surface area contributed by atoms with Crippen LogP contribution >= 0.6 is 0 Å². The summed E-state index contributed by atoms with van der Waals surface area (Å²) in [6.07, 6.45) is 1.62. The average Bonchev–Trinajstić information content (AvgIpc) is 2.15. The molecule has 74 valence electrons. The predicted molar refractivity (Wildman–Crippen MR) is 55.3 cm³/mol. The number of aryl methyl sites for hydroxylation is 1. The molecule has 0 fully saturated rings. The van der Waals surface area contributed by atoms with Crippen molar-refractivity contribution in [1.29, 1.82) is 0 Å². The quantitative estimate of drug-likeness (QED) is 0.717. The fourth-order valence-corrected chi connectivity index (χ4v) is 1.27. The third kappa shape index (κ3) is 2.00. The molecule has 1 aromatic carbocycles. The molecule has 1 atom stereocenters. The maximum absolute atomic E-state index is 10.7. The molecule has 0 aliphatic rings. The van der Waals surface area contributed by atoms with Gasteiger partial charge in [-0.2, -0.15) is 0 Å². The van der Waals surface area contributed by atoms with Gasteiger partial charge in [-0.1, -0.05) is 18.2 Å². The molecule has 3 N–H and O–H groups in total. The van der Waals surface area contributed by atoms with Gasteiger partial charge in [0.25, 0.3) is 0 Å². The zero-order valence-corrected chi connectivity index (χ0v) is 8.03. The second kappa shape index (κ2) is 4.07. The Morgan fingerprint density at radius 2 is 2.29 bits per heavy atom. The van der Waals surface area contributed by atoms with Crippen molar-refractivity contribution in [3.63, 3.8) is 0 Å². The normalized spacial score (nSPS) is 12.1. The van der Waals surface area contributed by atoms with Crippen LogP contribution in [0.25, 0.3) is 0 Å². The van der Waals surface area contributed by atoms with Crippen molar-refractivity contribution < 1.29 is 9.90 Å². The summed E-state index contributed by atoms with van der Waals surface area (Å²) in [5.74, 6) is -0.916. The molecule has 0 amide bonds. The van der Waals surface area contributed by atoms with Crippen molar-refractivity contribution >= 4 is 5.97 Å². The summed E-state index contributed by atoms with van der Waals surface area (Å²) in [4.78, 5) is 10.7. The van der Waals surface area contributed by atoms with E-state index in [0.29, 0.717) is 11.1 Å². The average molecular weight is 191 g/mol. The van der Waals surface area contributed by atoms with E-state index in [-0.39, 0.29) is 6.04 Å². The fourth-order valence-electron chi connectivity index (χ4n) is 1.27. The molecule has 1 rings (SSSR count). The molecule has 0 aromatic heterocycles. The summed E-state index contributed by atoms with van der Waals surface area (Å²) in [6, 6.07) is 4.81. The van der Waals surface area contributed by atoms with Crippen LogP contribution in [0.3, 0.4) is 0 Å². The van der Waals surface area contributed by atoms with Crippen LogP contribution in [0.4, 0.5) is 0 Å². The van der Waals surface area contributed by atoms with E-state index in [1.165, 1.54) is 0 Å². The van der Waals surface area contributed by atoms with Crippen molar-refractivity contribution in [3.05, 3.63) is 47.5 Å². The Labute approximate surface area is 82.9 Å². The smallest absolute Gasteiger partial charge is 0.335 e. The summed E-state index contributed by atoms with van der Waals surface area (Å²) in [5, 5.41) is 8.80. The molecular formula is C11H13NO2. The molecule has 0 aliphatic heterocycles. The molecule has 0 saturated carbocycles. The number of hydrogen-bond acceptors (Lipinski definition) is 2. The monoisotopic (exact) mass is 191 g/mol. The topological polar surface area (TPSA) is 63.3 Å². The molecular weight excluding hydrogens is 178 g/mol. The van der Waals surface area contributed by atoms with Gasteiger partial charge in [0.15, 0.2) is 0 Å². The van der Waals surface area contributed by atoms with Gasteiger partial charge in [-0.3, -0.25) is 0 Å². The van der Waals surface area contributed by atoms with Gasteiger partial charge in [0, 0.05) is 6.04 Å². The third-order valence-corrected chi connectivity index (χ3v) is 2.12. The van der Waals surface area contributed by atoms with Crippen LogP contribution in [0.1, 0.15) is 27.5 Å². The Balaban J connectivity index is 3.12. The standard InChI is InChI=1S/C11H13NO2/c1-3-10(12)8-4-5-9(11(13)14)7(2)6-8/h3-6,10H,1,12H2,2H3,(H,13,14)/t10-/m1/s1. The molecule has 0 radical (unpaired) electrons. The minimum Gasteiger partial charge on any atom is -0.478 e. The van der Waals surface area contributed by atoms with E-state index in [0.717, 1.165) is 5.56 Å². The second-order valence-electron chi connectivity index (χ2n) is 3.14. The minimum absolute atomic E-state index is 0.239. The highest BCUT2D eigenvalue weighted by Crippen LogP contribution is 2.16. The fraction of sp³-hybridized carbons (Fsp3) is 0.182. The predicted octanol–water partition coefficient (Wildman–Crippen LogP) is 1.88. The highest BCUT2D eigenvalue weighted by molar-refractivity contribution is 5.89. The number of benzene rings is 1. The lowest BCUT2D eigenvalue weighted by Gasteiger charge is -2.08. The van der Waals surface area contributed by atoms with E-state index in [1.807, 2.05) is 0 Å². The number of nitrogens with two attached hydrogens (primary N) is 1. The maximum Gasteiger partial charge on any atom is 0.335 e. The molecule has 1 aromatic rings. The molecule has 0 aliphatic carbocycles. The zero-order chi connectivity index (χ0) is 10.7. The van der Waals surface area contributed by atoms with Crippen molar-refractivity contribution in [2.24, 2.45) is 5.73 Å². The lowest BCUT2D eigenvalue weighted by atomic mass is 10.0. The van der Waals surface area contributed by atoms with Crippen molar-refractivity contribution in [1.82, 2.24) is 0 Å². The van der Waals surface area contributed by atoms with Crippen LogP contribution in [0.5, 0.6) is 0 Å². The lowest BCUT2D eigenvalue weighted by Crippen LogP contribution is -2.08. The number of carbonyl (C=O) groups is 1. The summed E-state index contributed by atoms with van der Waals surface area (Å²) >= 11 is 0. The number of aromatic carboxylic acids is 1. The van der Waals surface area contributed by atoms with Crippen LogP contribution in [0, 0.1) is 6.92 Å². The van der Waals surface area contributed by atoms with Crippen molar-refractivity contribution in [3.8, 4) is 0 Å². The highest BCUT2D eigenvalue weighted by Gasteiger charge is 2.08. The van der Waals surface area contributed by atoms with Gasteiger partial charge in [0.05, 0.1) is 5.56 Å². The van der Waals surface area contributed by atoms with E-state index in [4.69, 9.17) is 10.8 Å². The Bertz CT molecular complexity index is 372. The van der Waals surface area contributed by atoms with Gasteiger partial charge in [-0.25, -0.2) is 4.79 Å². The first kappa shape index (κ1) is 10.5. The third-order valence-electron chi connectivity index (χ3n) is 2.12. The van der Waals surface area contributed by atoms with Crippen LogP contribution in [0.2, 0.25) is 0 Å². The largest absolute Gasteiger partial charge is 0.478 e. The molecule has 0 bridgehead atoms. The van der Waals surface area contributed by atoms with Crippen LogP contribution in [-0.2, 0) is 0 Å². The molecule has 3 nitrogen and oxygen atoms in total. The van der Waals surface area contributed by atoms with Gasteiger partial charge >= 0.3 is 5.97 Å². The van der Waals surface area contributed by atoms with Gasteiger partial charge in [-0.15, -0.1) is 6.58 Å². The van der Waals surface area contributed by atoms with E-state index in [1.54, 1.807) is 31.2 Å². The Morgan fingerprint density at radius 1 is 1.64 bits per heavy atom. The molecule has 3 heteroatoms.